The van der Waals surface area contributed by atoms with Gasteiger partial charge in [-0.2, -0.15) is 0 Å². The monoisotopic (exact) mass is 510 g/mol. The summed E-state index contributed by atoms with van der Waals surface area (Å²) in [6.07, 6.45) is 8.94. The van der Waals surface area contributed by atoms with Gasteiger partial charge in [-0.05, 0) is 87.1 Å². The SMILES string of the molecule is Cc1cccc(Nc2ccc(Nc3cccc(C)c3C(=O)NC3CCCC3)cc2)c1C(=O)NC1CCCC1. The number of benzene rings is 3. The molecule has 0 heterocycles. The number of rotatable bonds is 8. The van der Waals surface area contributed by atoms with Crippen LogP contribution in [-0.4, -0.2) is 23.9 Å². The van der Waals surface area contributed by atoms with E-state index in [1.165, 1.54) is 25.7 Å². The molecule has 0 bridgehead atoms. The predicted octanol–water partition coefficient (Wildman–Crippen LogP) is 7.14. The van der Waals surface area contributed by atoms with Gasteiger partial charge in [0.1, 0.15) is 0 Å². The van der Waals surface area contributed by atoms with Crippen LogP contribution in [0.1, 0.15) is 83.2 Å². The third-order valence-electron chi connectivity index (χ3n) is 7.82. The summed E-state index contributed by atoms with van der Waals surface area (Å²) in [4.78, 5) is 26.2. The topological polar surface area (TPSA) is 82.3 Å². The maximum Gasteiger partial charge on any atom is 0.253 e. The van der Waals surface area contributed by atoms with Gasteiger partial charge in [0.2, 0.25) is 0 Å². The summed E-state index contributed by atoms with van der Waals surface area (Å²) in [5, 5.41) is 13.3. The highest BCUT2D eigenvalue weighted by molar-refractivity contribution is 6.02. The Hall–Kier alpha value is -3.80. The van der Waals surface area contributed by atoms with Crippen LogP contribution in [-0.2, 0) is 0 Å². The van der Waals surface area contributed by atoms with Gasteiger partial charge >= 0.3 is 0 Å². The summed E-state index contributed by atoms with van der Waals surface area (Å²) in [5.41, 5.74) is 6.66. The number of amides is 2. The summed E-state index contributed by atoms with van der Waals surface area (Å²) < 4.78 is 0. The average molecular weight is 511 g/mol. The Labute approximate surface area is 225 Å². The van der Waals surface area contributed by atoms with Crippen molar-refractivity contribution in [2.75, 3.05) is 10.6 Å². The van der Waals surface area contributed by atoms with Gasteiger partial charge in [-0.1, -0.05) is 49.9 Å². The lowest BCUT2D eigenvalue weighted by Crippen LogP contribution is -2.33. The van der Waals surface area contributed by atoms with Crippen molar-refractivity contribution in [1.82, 2.24) is 10.6 Å². The lowest BCUT2D eigenvalue weighted by molar-refractivity contribution is 0.0929. The average Bonchev–Trinajstić information content (AvgIpc) is 3.60. The van der Waals surface area contributed by atoms with Crippen LogP contribution in [0.3, 0.4) is 0 Å². The Balaban J connectivity index is 1.29. The molecular weight excluding hydrogens is 472 g/mol. The van der Waals surface area contributed by atoms with Crippen LogP contribution in [0.2, 0.25) is 0 Å². The largest absolute Gasteiger partial charge is 0.355 e. The molecule has 38 heavy (non-hydrogen) atoms. The highest BCUT2D eigenvalue weighted by Gasteiger charge is 2.22. The predicted molar refractivity (Wildman–Crippen MR) is 155 cm³/mol. The van der Waals surface area contributed by atoms with Crippen molar-refractivity contribution in [3.8, 4) is 0 Å². The Bertz CT molecular complexity index is 1190. The van der Waals surface area contributed by atoms with E-state index in [9.17, 15) is 9.59 Å². The van der Waals surface area contributed by atoms with Crippen LogP contribution in [0.4, 0.5) is 22.7 Å². The molecule has 0 spiro atoms. The van der Waals surface area contributed by atoms with E-state index in [-0.39, 0.29) is 23.9 Å². The van der Waals surface area contributed by atoms with Crippen molar-refractivity contribution in [3.63, 3.8) is 0 Å². The van der Waals surface area contributed by atoms with Crippen molar-refractivity contribution in [3.05, 3.63) is 82.9 Å². The number of carbonyl (C=O) groups excluding carboxylic acids is 2. The Morgan fingerprint density at radius 2 is 0.947 bits per heavy atom. The van der Waals surface area contributed by atoms with Crippen LogP contribution in [0.25, 0.3) is 0 Å². The molecule has 0 aliphatic heterocycles. The number of hydrogen-bond donors (Lipinski definition) is 4. The van der Waals surface area contributed by atoms with Gasteiger partial charge in [-0.3, -0.25) is 9.59 Å². The second-order valence-corrected chi connectivity index (χ2v) is 10.7. The molecule has 2 amide bonds. The molecule has 4 N–H and O–H groups in total. The Morgan fingerprint density at radius 1 is 0.579 bits per heavy atom. The van der Waals surface area contributed by atoms with Crippen LogP contribution < -0.4 is 21.3 Å². The first-order valence-electron chi connectivity index (χ1n) is 13.9. The van der Waals surface area contributed by atoms with Crippen molar-refractivity contribution < 1.29 is 9.59 Å². The van der Waals surface area contributed by atoms with E-state index in [0.29, 0.717) is 11.1 Å². The Kier molecular flexibility index (Phi) is 7.97. The number of hydrogen-bond acceptors (Lipinski definition) is 4. The van der Waals surface area contributed by atoms with E-state index < -0.39 is 0 Å². The molecule has 0 unspecified atom stereocenters. The van der Waals surface area contributed by atoms with E-state index in [1.807, 2.05) is 74.5 Å². The molecule has 198 valence electrons. The van der Waals surface area contributed by atoms with Gasteiger partial charge in [-0.25, -0.2) is 0 Å². The molecule has 0 saturated heterocycles. The van der Waals surface area contributed by atoms with Crippen molar-refractivity contribution >= 4 is 34.6 Å². The minimum atomic E-state index is -0.0151. The minimum Gasteiger partial charge on any atom is -0.355 e. The zero-order valence-electron chi connectivity index (χ0n) is 22.4. The second-order valence-electron chi connectivity index (χ2n) is 10.7. The molecule has 0 aromatic heterocycles. The van der Waals surface area contributed by atoms with Crippen LogP contribution >= 0.6 is 0 Å². The molecule has 0 atom stereocenters. The van der Waals surface area contributed by atoms with Crippen molar-refractivity contribution in [2.24, 2.45) is 0 Å². The van der Waals surface area contributed by atoms with Crippen LogP contribution in [0, 0.1) is 13.8 Å². The smallest absolute Gasteiger partial charge is 0.253 e. The number of anilines is 4. The van der Waals surface area contributed by atoms with Gasteiger partial charge in [0, 0.05) is 23.5 Å². The molecule has 2 saturated carbocycles. The number of carbonyl (C=O) groups is 2. The van der Waals surface area contributed by atoms with Crippen LogP contribution in [0.15, 0.2) is 60.7 Å². The van der Waals surface area contributed by atoms with E-state index in [2.05, 4.69) is 21.3 Å². The maximum absolute atomic E-state index is 13.1. The molecule has 3 aromatic rings. The van der Waals surface area contributed by atoms with Gasteiger partial charge in [-0.15, -0.1) is 0 Å². The zero-order valence-corrected chi connectivity index (χ0v) is 22.4. The van der Waals surface area contributed by atoms with Gasteiger partial charge in [0.15, 0.2) is 0 Å². The van der Waals surface area contributed by atoms with Gasteiger partial charge in [0.05, 0.1) is 22.5 Å². The molecule has 2 aliphatic carbocycles. The van der Waals surface area contributed by atoms with Gasteiger partial charge < -0.3 is 21.3 Å². The Morgan fingerprint density at radius 3 is 1.32 bits per heavy atom. The lowest BCUT2D eigenvalue weighted by Gasteiger charge is -2.18. The van der Waals surface area contributed by atoms with E-state index in [4.69, 9.17) is 0 Å². The highest BCUT2D eigenvalue weighted by atomic mass is 16.2. The van der Waals surface area contributed by atoms with E-state index in [1.54, 1.807) is 0 Å². The fourth-order valence-electron chi connectivity index (χ4n) is 5.75. The first-order valence-corrected chi connectivity index (χ1v) is 13.9. The third kappa shape index (κ3) is 6.01. The summed E-state index contributed by atoms with van der Waals surface area (Å²) in [6.45, 7) is 3.95. The van der Waals surface area contributed by atoms with Crippen molar-refractivity contribution in [1.29, 1.82) is 0 Å². The summed E-state index contributed by atoms with van der Waals surface area (Å²) in [5.74, 6) is -0.0303. The normalized spacial score (nSPS) is 15.8. The quantitative estimate of drug-likeness (QED) is 0.260. The second kappa shape index (κ2) is 11.7. The minimum absolute atomic E-state index is 0.0151. The fourth-order valence-corrected chi connectivity index (χ4v) is 5.75. The van der Waals surface area contributed by atoms with E-state index in [0.717, 1.165) is 59.6 Å². The first-order chi connectivity index (χ1) is 18.5. The molecule has 2 aliphatic rings. The zero-order chi connectivity index (χ0) is 26.5. The molecule has 5 rings (SSSR count). The lowest BCUT2D eigenvalue weighted by atomic mass is 10.0. The molecule has 6 nitrogen and oxygen atoms in total. The molecule has 2 fully saturated rings. The standard InChI is InChI=1S/C32H38N4O2/c1-21-9-7-15-27(29(21)31(37)35-23-11-3-4-12-23)33-25-17-19-26(20-18-25)34-28-16-8-10-22(2)30(28)32(38)36-24-13-5-6-14-24/h7-10,15-20,23-24,33-34H,3-6,11-14H2,1-2H3,(H,35,37)(H,36,38). The summed E-state index contributed by atoms with van der Waals surface area (Å²) in [6, 6.07) is 20.3. The molecule has 0 radical (unpaired) electrons. The van der Waals surface area contributed by atoms with Crippen molar-refractivity contribution in [2.45, 2.75) is 77.3 Å². The fraction of sp³-hybridized carbons (Fsp3) is 0.375. The van der Waals surface area contributed by atoms with Gasteiger partial charge in [0.25, 0.3) is 11.8 Å². The molecule has 6 heteroatoms. The molecule has 3 aromatic carbocycles. The summed E-state index contributed by atoms with van der Waals surface area (Å²) in [7, 11) is 0. The van der Waals surface area contributed by atoms with E-state index >= 15 is 0 Å². The first kappa shape index (κ1) is 25.8. The summed E-state index contributed by atoms with van der Waals surface area (Å²) >= 11 is 0. The molecular formula is C32H38N4O2. The number of nitrogens with one attached hydrogen (secondary N) is 4. The third-order valence-corrected chi connectivity index (χ3v) is 7.82. The maximum atomic E-state index is 13.1. The number of aryl methyl sites for hydroxylation is 2. The van der Waals surface area contributed by atoms with Crippen LogP contribution in [0.5, 0.6) is 0 Å². The highest BCUT2D eigenvalue weighted by Crippen LogP contribution is 2.29.